The number of nitrogen functional groups attached to an aromatic ring is 1. The Bertz CT molecular complexity index is 1170. The zero-order chi connectivity index (χ0) is 22.4. The number of Topliss-reactive ketones (excluding diaryl/α,β-unsaturated/α-hetero) is 1. The summed E-state index contributed by atoms with van der Waals surface area (Å²) in [6, 6.07) is 19.1. The van der Waals surface area contributed by atoms with Gasteiger partial charge in [0.1, 0.15) is 11.5 Å². The number of anilines is 2. The maximum Gasteiger partial charge on any atom is 0.262 e. The predicted octanol–water partition coefficient (Wildman–Crippen LogP) is 4.13. The monoisotopic (exact) mass is 438 g/mol. The SMILES string of the molecule is COc1cc(S(=O)(=O)Nc2ccc(CCC(=O)Cc3ccccc3N)cc2)ccc1C. The van der Waals surface area contributed by atoms with Gasteiger partial charge in [-0.3, -0.25) is 9.52 Å². The Morgan fingerprint density at radius 3 is 2.42 bits per heavy atom. The van der Waals surface area contributed by atoms with Crippen molar-refractivity contribution in [2.24, 2.45) is 0 Å². The Kier molecular flexibility index (Phi) is 6.97. The number of nitrogens with two attached hydrogens (primary N) is 1. The van der Waals surface area contributed by atoms with Crippen LogP contribution in [0.3, 0.4) is 0 Å². The predicted molar refractivity (Wildman–Crippen MR) is 123 cm³/mol. The molecule has 0 radical (unpaired) electrons. The van der Waals surface area contributed by atoms with Crippen molar-refractivity contribution < 1.29 is 17.9 Å². The van der Waals surface area contributed by atoms with Crippen LogP contribution in [-0.2, 0) is 27.7 Å². The third-order valence-corrected chi connectivity index (χ3v) is 6.41. The van der Waals surface area contributed by atoms with Crippen molar-refractivity contribution >= 4 is 27.2 Å². The minimum atomic E-state index is -3.74. The maximum atomic E-state index is 12.7. The second-order valence-electron chi connectivity index (χ2n) is 7.35. The normalized spacial score (nSPS) is 11.2. The number of sulfonamides is 1. The Labute approximate surface area is 183 Å². The topological polar surface area (TPSA) is 98.5 Å². The van der Waals surface area contributed by atoms with Gasteiger partial charge in [-0.15, -0.1) is 0 Å². The van der Waals surface area contributed by atoms with Crippen molar-refractivity contribution in [3.63, 3.8) is 0 Å². The van der Waals surface area contributed by atoms with Crippen LogP contribution in [0.25, 0.3) is 0 Å². The molecule has 0 aliphatic heterocycles. The summed E-state index contributed by atoms with van der Waals surface area (Å²) in [5, 5.41) is 0. The second kappa shape index (κ2) is 9.66. The molecule has 0 atom stereocenters. The molecule has 3 aromatic rings. The fourth-order valence-corrected chi connectivity index (χ4v) is 4.27. The van der Waals surface area contributed by atoms with Crippen molar-refractivity contribution in [3.05, 3.63) is 83.4 Å². The first kappa shape index (κ1) is 22.4. The maximum absolute atomic E-state index is 12.7. The van der Waals surface area contributed by atoms with Crippen LogP contribution < -0.4 is 15.2 Å². The first-order valence-electron chi connectivity index (χ1n) is 9.90. The second-order valence-corrected chi connectivity index (χ2v) is 9.03. The smallest absolute Gasteiger partial charge is 0.262 e. The summed E-state index contributed by atoms with van der Waals surface area (Å²) >= 11 is 0. The van der Waals surface area contributed by atoms with E-state index in [1.54, 1.807) is 30.3 Å². The highest BCUT2D eigenvalue weighted by Crippen LogP contribution is 2.24. The summed E-state index contributed by atoms with van der Waals surface area (Å²) < 4.78 is 33.1. The van der Waals surface area contributed by atoms with Crippen LogP contribution in [0.5, 0.6) is 5.75 Å². The van der Waals surface area contributed by atoms with Crippen molar-refractivity contribution in [1.29, 1.82) is 0 Å². The number of carbonyl (C=O) groups is 1. The van der Waals surface area contributed by atoms with E-state index >= 15 is 0 Å². The Hall–Kier alpha value is -3.32. The zero-order valence-electron chi connectivity index (χ0n) is 17.6. The lowest BCUT2D eigenvalue weighted by Gasteiger charge is -2.11. The first-order valence-corrected chi connectivity index (χ1v) is 11.4. The largest absolute Gasteiger partial charge is 0.496 e. The highest BCUT2D eigenvalue weighted by molar-refractivity contribution is 7.92. The van der Waals surface area contributed by atoms with E-state index in [1.807, 2.05) is 37.3 Å². The van der Waals surface area contributed by atoms with Gasteiger partial charge in [0.05, 0.1) is 12.0 Å². The Balaban J connectivity index is 1.60. The fraction of sp³-hybridized carbons (Fsp3) is 0.208. The fourth-order valence-electron chi connectivity index (χ4n) is 3.20. The number of nitrogens with one attached hydrogen (secondary N) is 1. The molecule has 0 fully saturated rings. The van der Waals surface area contributed by atoms with Crippen LogP contribution in [0.2, 0.25) is 0 Å². The van der Waals surface area contributed by atoms with Gasteiger partial charge in [-0.1, -0.05) is 36.4 Å². The van der Waals surface area contributed by atoms with E-state index in [2.05, 4.69) is 4.72 Å². The minimum absolute atomic E-state index is 0.107. The van der Waals surface area contributed by atoms with E-state index in [1.165, 1.54) is 13.2 Å². The van der Waals surface area contributed by atoms with Gasteiger partial charge >= 0.3 is 0 Å². The molecule has 0 bridgehead atoms. The molecule has 0 amide bonds. The molecule has 0 aliphatic rings. The number of hydrogen-bond acceptors (Lipinski definition) is 5. The lowest BCUT2D eigenvalue weighted by atomic mass is 10.0. The number of hydrogen-bond donors (Lipinski definition) is 2. The average molecular weight is 439 g/mol. The number of benzene rings is 3. The molecule has 0 spiro atoms. The van der Waals surface area contributed by atoms with Crippen molar-refractivity contribution in [2.45, 2.75) is 31.1 Å². The molecule has 6 nitrogen and oxygen atoms in total. The number of rotatable bonds is 9. The number of ketones is 1. The molecule has 31 heavy (non-hydrogen) atoms. The molecule has 3 aromatic carbocycles. The minimum Gasteiger partial charge on any atom is -0.496 e. The number of aryl methyl sites for hydroxylation is 2. The van der Waals surface area contributed by atoms with Crippen molar-refractivity contribution in [2.75, 3.05) is 17.6 Å². The third kappa shape index (κ3) is 5.86. The van der Waals surface area contributed by atoms with Crippen LogP contribution >= 0.6 is 0 Å². The van der Waals surface area contributed by atoms with Crippen molar-refractivity contribution in [1.82, 2.24) is 0 Å². The summed E-state index contributed by atoms with van der Waals surface area (Å²) in [6.07, 6.45) is 1.28. The number of methoxy groups -OCH3 is 1. The van der Waals surface area contributed by atoms with Gasteiger partial charge in [0.25, 0.3) is 10.0 Å². The molecule has 0 saturated carbocycles. The van der Waals surface area contributed by atoms with Gasteiger partial charge in [-0.05, 0) is 54.3 Å². The summed E-state index contributed by atoms with van der Waals surface area (Å²) in [6.45, 7) is 1.85. The standard InChI is InChI=1S/C24H26N2O4S/c1-17-7-14-22(16-24(17)30-2)31(28,29)26-20-11-8-18(9-12-20)10-13-21(27)15-19-5-3-4-6-23(19)25/h3-9,11-12,14,16,26H,10,13,15,25H2,1-2H3. The van der Waals surface area contributed by atoms with E-state index in [0.29, 0.717) is 36.4 Å². The van der Waals surface area contributed by atoms with E-state index in [4.69, 9.17) is 10.5 Å². The molecule has 162 valence electrons. The van der Waals surface area contributed by atoms with Crippen LogP contribution in [-0.4, -0.2) is 21.3 Å². The van der Waals surface area contributed by atoms with Gasteiger partial charge < -0.3 is 10.5 Å². The lowest BCUT2D eigenvalue weighted by Crippen LogP contribution is -2.13. The molecule has 0 aromatic heterocycles. The molecule has 0 aliphatic carbocycles. The third-order valence-electron chi connectivity index (χ3n) is 5.03. The summed E-state index contributed by atoms with van der Waals surface area (Å²) in [7, 11) is -2.23. The molecular formula is C24H26N2O4S. The first-order chi connectivity index (χ1) is 14.8. The number of ether oxygens (including phenoxy) is 1. The van der Waals surface area contributed by atoms with Gasteiger partial charge in [0.15, 0.2) is 0 Å². The molecule has 7 heteroatoms. The molecule has 0 unspecified atom stereocenters. The van der Waals surface area contributed by atoms with Crippen LogP contribution in [0.4, 0.5) is 11.4 Å². The molecule has 0 saturated heterocycles. The lowest BCUT2D eigenvalue weighted by molar-refractivity contribution is -0.118. The van der Waals surface area contributed by atoms with E-state index < -0.39 is 10.0 Å². The molecule has 3 N–H and O–H groups in total. The highest BCUT2D eigenvalue weighted by atomic mass is 32.2. The highest BCUT2D eigenvalue weighted by Gasteiger charge is 2.16. The molecule has 3 rings (SSSR count). The number of para-hydroxylation sites is 1. The van der Waals surface area contributed by atoms with E-state index in [-0.39, 0.29) is 10.7 Å². The molecule has 0 heterocycles. The number of carbonyl (C=O) groups excluding carboxylic acids is 1. The van der Waals surface area contributed by atoms with E-state index in [0.717, 1.165) is 16.7 Å². The average Bonchev–Trinajstić information content (AvgIpc) is 2.75. The zero-order valence-corrected chi connectivity index (χ0v) is 18.4. The van der Waals surface area contributed by atoms with Gasteiger partial charge in [-0.2, -0.15) is 0 Å². The van der Waals surface area contributed by atoms with Crippen molar-refractivity contribution in [3.8, 4) is 5.75 Å². The van der Waals surface area contributed by atoms with Gasteiger partial charge in [-0.25, -0.2) is 8.42 Å². The quantitative estimate of drug-likeness (QED) is 0.490. The van der Waals surface area contributed by atoms with Gasteiger partial charge in [0, 0.05) is 30.3 Å². The summed E-state index contributed by atoms with van der Waals surface area (Å²) in [4.78, 5) is 12.4. The van der Waals surface area contributed by atoms with Crippen LogP contribution in [0.1, 0.15) is 23.1 Å². The van der Waals surface area contributed by atoms with Gasteiger partial charge in [0.2, 0.25) is 0 Å². The summed E-state index contributed by atoms with van der Waals surface area (Å²) in [5.41, 5.74) is 9.62. The Morgan fingerprint density at radius 1 is 1.03 bits per heavy atom. The molecular weight excluding hydrogens is 412 g/mol. The summed E-state index contributed by atoms with van der Waals surface area (Å²) in [5.74, 6) is 0.621. The van der Waals surface area contributed by atoms with Crippen LogP contribution in [0, 0.1) is 6.92 Å². The Morgan fingerprint density at radius 2 is 1.74 bits per heavy atom. The van der Waals surface area contributed by atoms with E-state index in [9.17, 15) is 13.2 Å². The van der Waals surface area contributed by atoms with Crippen LogP contribution in [0.15, 0.2) is 71.6 Å².